The molecule has 0 bridgehead atoms. The van der Waals surface area contributed by atoms with E-state index in [1.54, 1.807) is 0 Å². The van der Waals surface area contributed by atoms with Crippen LogP contribution in [0.25, 0.3) is 0 Å². The van der Waals surface area contributed by atoms with Gasteiger partial charge in [0.05, 0.1) is 12.0 Å². The first-order valence-corrected chi connectivity index (χ1v) is 6.81. The third kappa shape index (κ3) is 2.77. The zero-order chi connectivity index (χ0) is 11.6. The standard InChI is InChI=1S/C14H24N2/c1-14(2,12-8-9-12)16-13-7-5-3-4-6-11(13)10-15/h11-13,16H,3-9H2,1-2H3. The van der Waals surface area contributed by atoms with Crippen molar-refractivity contribution >= 4 is 0 Å². The molecule has 2 rings (SSSR count). The lowest BCUT2D eigenvalue weighted by Crippen LogP contribution is -2.50. The molecule has 16 heavy (non-hydrogen) atoms. The van der Waals surface area contributed by atoms with Crippen molar-refractivity contribution in [3.8, 4) is 6.07 Å². The van der Waals surface area contributed by atoms with Gasteiger partial charge in [-0.2, -0.15) is 5.26 Å². The topological polar surface area (TPSA) is 35.8 Å². The Kier molecular flexibility index (Phi) is 3.54. The summed E-state index contributed by atoms with van der Waals surface area (Å²) < 4.78 is 0. The van der Waals surface area contributed by atoms with E-state index in [2.05, 4.69) is 25.2 Å². The smallest absolute Gasteiger partial charge is 0.0672 e. The quantitative estimate of drug-likeness (QED) is 0.741. The molecule has 0 aromatic rings. The van der Waals surface area contributed by atoms with E-state index in [-0.39, 0.29) is 11.5 Å². The maximum Gasteiger partial charge on any atom is 0.0672 e. The minimum atomic E-state index is 0.237. The van der Waals surface area contributed by atoms with Crippen molar-refractivity contribution < 1.29 is 0 Å². The number of hydrogen-bond acceptors (Lipinski definition) is 2. The molecule has 2 unspecified atom stereocenters. The maximum atomic E-state index is 9.25. The molecule has 2 fully saturated rings. The van der Waals surface area contributed by atoms with E-state index in [0.717, 1.165) is 12.3 Å². The monoisotopic (exact) mass is 220 g/mol. The zero-order valence-electron chi connectivity index (χ0n) is 10.6. The van der Waals surface area contributed by atoms with Gasteiger partial charge in [-0.3, -0.25) is 0 Å². The van der Waals surface area contributed by atoms with E-state index in [4.69, 9.17) is 0 Å². The van der Waals surface area contributed by atoms with Crippen LogP contribution in [0.1, 0.15) is 58.8 Å². The van der Waals surface area contributed by atoms with Crippen LogP contribution in [0, 0.1) is 23.2 Å². The lowest BCUT2D eigenvalue weighted by Gasteiger charge is -2.33. The fraction of sp³-hybridized carbons (Fsp3) is 0.929. The van der Waals surface area contributed by atoms with Crippen LogP contribution in [0.15, 0.2) is 0 Å². The molecule has 0 aromatic carbocycles. The van der Waals surface area contributed by atoms with Gasteiger partial charge >= 0.3 is 0 Å². The summed E-state index contributed by atoms with van der Waals surface area (Å²) in [4.78, 5) is 0. The summed E-state index contributed by atoms with van der Waals surface area (Å²) in [5.74, 6) is 1.08. The molecule has 2 aliphatic carbocycles. The van der Waals surface area contributed by atoms with Crippen molar-refractivity contribution in [1.29, 1.82) is 5.26 Å². The Labute approximate surface area is 99.4 Å². The van der Waals surface area contributed by atoms with Crippen molar-refractivity contribution in [2.75, 3.05) is 0 Å². The normalized spacial score (nSPS) is 31.8. The van der Waals surface area contributed by atoms with E-state index in [1.165, 1.54) is 38.5 Å². The number of nitrogens with one attached hydrogen (secondary N) is 1. The second-order valence-corrected chi connectivity index (χ2v) is 6.12. The minimum absolute atomic E-state index is 0.237. The van der Waals surface area contributed by atoms with E-state index in [9.17, 15) is 5.26 Å². The highest BCUT2D eigenvalue weighted by atomic mass is 15.0. The summed E-state index contributed by atoms with van der Waals surface area (Å²) in [6.07, 6.45) is 8.84. The van der Waals surface area contributed by atoms with Crippen molar-refractivity contribution in [2.24, 2.45) is 11.8 Å². The molecule has 0 heterocycles. The number of nitriles is 1. The van der Waals surface area contributed by atoms with E-state index in [1.807, 2.05) is 0 Å². The number of rotatable bonds is 3. The first-order valence-electron chi connectivity index (χ1n) is 6.81. The highest BCUT2D eigenvalue weighted by Crippen LogP contribution is 2.40. The van der Waals surface area contributed by atoms with Gasteiger partial charge in [-0.1, -0.05) is 19.3 Å². The lowest BCUT2D eigenvalue weighted by molar-refractivity contribution is 0.257. The maximum absolute atomic E-state index is 9.25. The molecule has 2 heteroatoms. The molecular formula is C14H24N2. The van der Waals surface area contributed by atoms with Gasteiger partial charge in [-0.25, -0.2) is 0 Å². The SMILES string of the molecule is CC(C)(NC1CCCCCC1C#N)C1CC1. The van der Waals surface area contributed by atoms with Crippen LogP contribution in [-0.2, 0) is 0 Å². The minimum Gasteiger partial charge on any atom is -0.307 e. The molecule has 0 saturated heterocycles. The first-order chi connectivity index (χ1) is 7.63. The molecular weight excluding hydrogens is 196 g/mol. The van der Waals surface area contributed by atoms with Crippen LogP contribution in [0.5, 0.6) is 0 Å². The molecule has 0 radical (unpaired) electrons. The molecule has 2 aliphatic rings. The van der Waals surface area contributed by atoms with Crippen LogP contribution in [-0.4, -0.2) is 11.6 Å². The molecule has 2 nitrogen and oxygen atoms in total. The largest absolute Gasteiger partial charge is 0.307 e. The van der Waals surface area contributed by atoms with Crippen molar-refractivity contribution in [1.82, 2.24) is 5.32 Å². The Balaban J connectivity index is 1.97. The van der Waals surface area contributed by atoms with Crippen molar-refractivity contribution in [2.45, 2.75) is 70.4 Å². The second-order valence-electron chi connectivity index (χ2n) is 6.12. The predicted molar refractivity (Wildman–Crippen MR) is 65.9 cm³/mol. The third-order valence-electron chi connectivity index (χ3n) is 4.34. The second kappa shape index (κ2) is 4.75. The number of hydrogen-bond donors (Lipinski definition) is 1. The lowest BCUT2D eigenvalue weighted by atomic mass is 9.90. The van der Waals surface area contributed by atoms with Gasteiger partial charge < -0.3 is 5.32 Å². The van der Waals surface area contributed by atoms with Gasteiger partial charge in [-0.05, 0) is 45.4 Å². The van der Waals surface area contributed by atoms with E-state index >= 15 is 0 Å². The Bertz CT molecular complexity index is 273. The van der Waals surface area contributed by atoms with Crippen LogP contribution in [0.4, 0.5) is 0 Å². The molecule has 2 atom stereocenters. The fourth-order valence-corrected chi connectivity index (χ4v) is 3.04. The van der Waals surface area contributed by atoms with E-state index < -0.39 is 0 Å². The van der Waals surface area contributed by atoms with Crippen LogP contribution in [0.3, 0.4) is 0 Å². The average molecular weight is 220 g/mol. The van der Waals surface area contributed by atoms with Gasteiger partial charge in [0.25, 0.3) is 0 Å². The molecule has 0 amide bonds. The van der Waals surface area contributed by atoms with Crippen LogP contribution < -0.4 is 5.32 Å². The molecule has 0 spiro atoms. The van der Waals surface area contributed by atoms with Gasteiger partial charge in [0, 0.05) is 11.6 Å². The highest BCUT2D eigenvalue weighted by Gasteiger charge is 2.40. The Morgan fingerprint density at radius 2 is 1.75 bits per heavy atom. The fourth-order valence-electron chi connectivity index (χ4n) is 3.04. The summed E-state index contributed by atoms with van der Waals surface area (Å²) in [6.45, 7) is 4.62. The Morgan fingerprint density at radius 3 is 2.38 bits per heavy atom. The predicted octanol–water partition coefficient (Wildman–Crippen LogP) is 3.24. The summed E-state index contributed by atoms with van der Waals surface area (Å²) in [5, 5.41) is 13.0. The van der Waals surface area contributed by atoms with Gasteiger partial charge in [-0.15, -0.1) is 0 Å². The highest BCUT2D eigenvalue weighted by molar-refractivity contribution is 5.01. The summed E-state index contributed by atoms with van der Waals surface area (Å²) in [7, 11) is 0. The summed E-state index contributed by atoms with van der Waals surface area (Å²) >= 11 is 0. The van der Waals surface area contributed by atoms with Gasteiger partial charge in [0.15, 0.2) is 0 Å². The zero-order valence-corrected chi connectivity index (χ0v) is 10.6. The molecule has 0 aromatic heterocycles. The van der Waals surface area contributed by atoms with Crippen molar-refractivity contribution in [3.05, 3.63) is 0 Å². The van der Waals surface area contributed by atoms with Crippen LogP contribution in [0.2, 0.25) is 0 Å². The van der Waals surface area contributed by atoms with Gasteiger partial charge in [0.1, 0.15) is 0 Å². The molecule has 2 saturated carbocycles. The van der Waals surface area contributed by atoms with Gasteiger partial charge in [0.2, 0.25) is 0 Å². The Morgan fingerprint density at radius 1 is 1.06 bits per heavy atom. The average Bonchev–Trinajstić information content (AvgIpc) is 3.04. The van der Waals surface area contributed by atoms with Crippen molar-refractivity contribution in [3.63, 3.8) is 0 Å². The molecule has 90 valence electrons. The molecule has 0 aliphatic heterocycles. The summed E-state index contributed by atoms with van der Waals surface area (Å²) in [6, 6.07) is 2.95. The first kappa shape index (κ1) is 11.9. The number of nitrogens with zero attached hydrogens (tertiary/aromatic N) is 1. The summed E-state index contributed by atoms with van der Waals surface area (Å²) in [5.41, 5.74) is 0.240. The molecule has 1 N–H and O–H groups in total. The third-order valence-corrected chi connectivity index (χ3v) is 4.34. The van der Waals surface area contributed by atoms with E-state index in [0.29, 0.717) is 6.04 Å². The Hall–Kier alpha value is -0.550. The van der Waals surface area contributed by atoms with Crippen LogP contribution >= 0.6 is 0 Å².